The average Bonchev–Trinajstić information content (AvgIpc) is 3.12. The van der Waals surface area contributed by atoms with E-state index < -0.39 is 5.97 Å². The number of carboxylic acid groups (broad SMARTS) is 1. The van der Waals surface area contributed by atoms with Crippen LogP contribution in [-0.2, 0) is 11.3 Å². The number of hydrogen-bond acceptors (Lipinski definition) is 3. The molecule has 2 aromatic carbocycles. The smallest absolute Gasteiger partial charge is 0.328 e. The van der Waals surface area contributed by atoms with Crippen LogP contribution in [-0.4, -0.2) is 26.8 Å². The Bertz CT molecular complexity index is 994. The van der Waals surface area contributed by atoms with Gasteiger partial charge in [0, 0.05) is 23.0 Å². The molecule has 0 radical (unpaired) electrons. The van der Waals surface area contributed by atoms with Crippen LogP contribution in [0.4, 0.5) is 5.69 Å². The SMILES string of the molecule is O=C(O)C=Cc1ccc(NC(=O)c2cnn(Cc3ccccc3Cl)c2)cc1. The summed E-state index contributed by atoms with van der Waals surface area (Å²) in [5.74, 6) is -1.30. The van der Waals surface area contributed by atoms with Crippen LogP contribution in [0.2, 0.25) is 5.02 Å². The molecule has 0 atom stereocenters. The number of nitrogens with zero attached hydrogens (tertiary/aromatic N) is 2. The Morgan fingerprint density at radius 1 is 1.15 bits per heavy atom. The van der Waals surface area contributed by atoms with E-state index in [-0.39, 0.29) is 5.91 Å². The summed E-state index contributed by atoms with van der Waals surface area (Å²) in [5.41, 5.74) is 2.67. The topological polar surface area (TPSA) is 84.2 Å². The molecule has 0 fully saturated rings. The van der Waals surface area contributed by atoms with Gasteiger partial charge in [-0.1, -0.05) is 41.9 Å². The van der Waals surface area contributed by atoms with Crippen LogP contribution in [0.15, 0.2) is 67.0 Å². The van der Waals surface area contributed by atoms with Gasteiger partial charge in [-0.15, -0.1) is 0 Å². The van der Waals surface area contributed by atoms with Crippen molar-refractivity contribution in [2.75, 3.05) is 5.32 Å². The lowest BCUT2D eigenvalue weighted by molar-refractivity contribution is -0.131. The van der Waals surface area contributed by atoms with Gasteiger partial charge >= 0.3 is 5.97 Å². The zero-order valence-corrected chi connectivity index (χ0v) is 14.9. The highest BCUT2D eigenvalue weighted by Gasteiger charge is 2.10. The lowest BCUT2D eigenvalue weighted by Gasteiger charge is -2.05. The quantitative estimate of drug-likeness (QED) is 0.633. The van der Waals surface area contributed by atoms with Gasteiger partial charge in [0.05, 0.1) is 18.3 Å². The monoisotopic (exact) mass is 381 g/mol. The van der Waals surface area contributed by atoms with E-state index in [2.05, 4.69) is 10.4 Å². The minimum Gasteiger partial charge on any atom is -0.478 e. The minimum atomic E-state index is -1.01. The molecule has 0 aliphatic rings. The molecule has 0 saturated carbocycles. The largest absolute Gasteiger partial charge is 0.478 e. The molecule has 1 heterocycles. The fraction of sp³-hybridized carbons (Fsp3) is 0.0500. The number of halogens is 1. The summed E-state index contributed by atoms with van der Waals surface area (Å²) in [6.45, 7) is 0.470. The summed E-state index contributed by atoms with van der Waals surface area (Å²) in [4.78, 5) is 22.9. The first-order valence-corrected chi connectivity index (χ1v) is 8.47. The van der Waals surface area contributed by atoms with Crippen molar-refractivity contribution in [3.63, 3.8) is 0 Å². The molecule has 0 unspecified atom stereocenters. The zero-order chi connectivity index (χ0) is 19.2. The van der Waals surface area contributed by atoms with Crippen molar-refractivity contribution in [1.29, 1.82) is 0 Å². The van der Waals surface area contributed by atoms with Crippen LogP contribution >= 0.6 is 11.6 Å². The fourth-order valence-electron chi connectivity index (χ4n) is 2.42. The third-order valence-corrected chi connectivity index (χ3v) is 4.14. The highest BCUT2D eigenvalue weighted by atomic mass is 35.5. The van der Waals surface area contributed by atoms with E-state index in [1.807, 2.05) is 24.3 Å². The number of carbonyl (C=O) groups is 2. The number of rotatable bonds is 6. The second-order valence-electron chi connectivity index (χ2n) is 5.77. The van der Waals surface area contributed by atoms with Crippen molar-refractivity contribution in [3.8, 4) is 0 Å². The highest BCUT2D eigenvalue weighted by Crippen LogP contribution is 2.17. The molecule has 6 nitrogen and oxygen atoms in total. The van der Waals surface area contributed by atoms with Gasteiger partial charge in [0.25, 0.3) is 5.91 Å². The number of nitrogens with one attached hydrogen (secondary N) is 1. The number of carboxylic acids is 1. The molecule has 136 valence electrons. The second-order valence-corrected chi connectivity index (χ2v) is 6.17. The summed E-state index contributed by atoms with van der Waals surface area (Å²) in [5, 5.41) is 16.3. The minimum absolute atomic E-state index is 0.283. The number of benzene rings is 2. The van der Waals surface area contributed by atoms with Crippen LogP contribution in [0.1, 0.15) is 21.5 Å². The molecular formula is C20H16ClN3O3. The molecule has 0 spiro atoms. The Morgan fingerprint density at radius 2 is 1.89 bits per heavy atom. The maximum absolute atomic E-state index is 12.4. The van der Waals surface area contributed by atoms with Gasteiger partial charge in [0.1, 0.15) is 0 Å². The van der Waals surface area contributed by atoms with E-state index in [1.165, 1.54) is 12.3 Å². The Hall–Kier alpha value is -3.38. The molecule has 1 aromatic heterocycles. The number of aromatic nitrogens is 2. The van der Waals surface area contributed by atoms with Crippen molar-refractivity contribution in [1.82, 2.24) is 9.78 Å². The lowest BCUT2D eigenvalue weighted by atomic mass is 10.2. The lowest BCUT2D eigenvalue weighted by Crippen LogP contribution is -2.11. The number of aliphatic carboxylic acids is 1. The van der Waals surface area contributed by atoms with Crippen LogP contribution in [0.3, 0.4) is 0 Å². The molecule has 3 aromatic rings. The van der Waals surface area contributed by atoms with Gasteiger partial charge in [-0.3, -0.25) is 9.48 Å². The Kier molecular flexibility index (Phi) is 5.68. The molecule has 7 heteroatoms. The van der Waals surface area contributed by atoms with E-state index in [4.69, 9.17) is 16.7 Å². The molecule has 1 amide bonds. The third kappa shape index (κ3) is 5.05. The van der Waals surface area contributed by atoms with Crippen molar-refractivity contribution >= 4 is 35.2 Å². The summed E-state index contributed by atoms with van der Waals surface area (Å²) in [6.07, 6.45) is 5.69. The first-order valence-electron chi connectivity index (χ1n) is 8.09. The van der Waals surface area contributed by atoms with Gasteiger partial charge in [0.2, 0.25) is 0 Å². The van der Waals surface area contributed by atoms with E-state index in [9.17, 15) is 9.59 Å². The fourth-order valence-corrected chi connectivity index (χ4v) is 2.61. The first kappa shape index (κ1) is 18.4. The van der Waals surface area contributed by atoms with Gasteiger partial charge < -0.3 is 10.4 Å². The maximum Gasteiger partial charge on any atom is 0.328 e. The average molecular weight is 382 g/mol. The van der Waals surface area contributed by atoms with Crippen molar-refractivity contribution < 1.29 is 14.7 Å². The van der Waals surface area contributed by atoms with Crippen LogP contribution in [0, 0.1) is 0 Å². The Labute approximate surface area is 160 Å². The van der Waals surface area contributed by atoms with Gasteiger partial charge in [-0.25, -0.2) is 4.79 Å². The van der Waals surface area contributed by atoms with Crippen LogP contribution < -0.4 is 5.32 Å². The summed E-state index contributed by atoms with van der Waals surface area (Å²) in [7, 11) is 0. The van der Waals surface area contributed by atoms with E-state index >= 15 is 0 Å². The predicted molar refractivity (Wildman–Crippen MR) is 104 cm³/mol. The number of anilines is 1. The molecule has 0 aliphatic heterocycles. The molecular weight excluding hydrogens is 366 g/mol. The van der Waals surface area contributed by atoms with Crippen molar-refractivity contribution in [3.05, 3.63) is 88.7 Å². The molecule has 0 aliphatic carbocycles. The maximum atomic E-state index is 12.4. The number of hydrogen-bond donors (Lipinski definition) is 2. The summed E-state index contributed by atoms with van der Waals surface area (Å²) < 4.78 is 1.65. The highest BCUT2D eigenvalue weighted by molar-refractivity contribution is 6.31. The van der Waals surface area contributed by atoms with Crippen molar-refractivity contribution in [2.45, 2.75) is 6.54 Å². The molecule has 2 N–H and O–H groups in total. The number of amides is 1. The predicted octanol–water partition coefficient (Wildman–Crippen LogP) is 3.93. The zero-order valence-electron chi connectivity index (χ0n) is 14.2. The van der Waals surface area contributed by atoms with Gasteiger partial charge in [-0.05, 0) is 35.4 Å². The Morgan fingerprint density at radius 3 is 2.59 bits per heavy atom. The summed E-state index contributed by atoms with van der Waals surface area (Å²) >= 11 is 6.15. The van der Waals surface area contributed by atoms with E-state index in [1.54, 1.807) is 35.1 Å². The van der Waals surface area contributed by atoms with Gasteiger partial charge in [0.15, 0.2) is 0 Å². The normalized spacial score (nSPS) is 10.9. The van der Waals surface area contributed by atoms with Crippen molar-refractivity contribution in [2.24, 2.45) is 0 Å². The van der Waals surface area contributed by atoms with Gasteiger partial charge in [-0.2, -0.15) is 5.10 Å². The van der Waals surface area contributed by atoms with Crippen LogP contribution in [0.25, 0.3) is 6.08 Å². The standard InChI is InChI=1S/C20H16ClN3O3/c21-18-4-2-1-3-15(18)12-24-13-16(11-22-24)20(27)23-17-8-5-14(6-9-17)7-10-19(25)26/h1-11,13H,12H2,(H,23,27)(H,25,26). The second kappa shape index (κ2) is 8.33. The number of carbonyl (C=O) groups excluding carboxylic acids is 1. The molecule has 27 heavy (non-hydrogen) atoms. The van der Waals surface area contributed by atoms with Crippen LogP contribution in [0.5, 0.6) is 0 Å². The third-order valence-electron chi connectivity index (χ3n) is 3.77. The molecule has 3 rings (SSSR count). The summed E-state index contributed by atoms with van der Waals surface area (Å²) in [6, 6.07) is 14.3. The molecule has 0 bridgehead atoms. The van der Waals surface area contributed by atoms with E-state index in [0.29, 0.717) is 22.8 Å². The first-order chi connectivity index (χ1) is 13.0. The Balaban J connectivity index is 1.64. The van der Waals surface area contributed by atoms with E-state index in [0.717, 1.165) is 17.2 Å². The molecule has 0 saturated heterocycles.